The van der Waals surface area contributed by atoms with Gasteiger partial charge in [-0.3, -0.25) is 4.79 Å². The van der Waals surface area contributed by atoms with Crippen molar-refractivity contribution in [3.63, 3.8) is 0 Å². The Labute approximate surface area is 96.8 Å². The molecule has 0 spiro atoms. The zero-order valence-corrected chi connectivity index (χ0v) is 10.6. The lowest BCUT2D eigenvalue weighted by atomic mass is 9.84. The first-order valence-corrected chi connectivity index (χ1v) is 6.97. The molecular weight excluding hydrogens is 208 g/mol. The van der Waals surface area contributed by atoms with Gasteiger partial charge in [0, 0.05) is 30.8 Å². The Morgan fingerprint density at radius 3 is 2.67 bits per heavy atom. The van der Waals surface area contributed by atoms with Crippen LogP contribution in [-0.4, -0.2) is 36.5 Å². The molecule has 0 bridgehead atoms. The van der Waals surface area contributed by atoms with E-state index in [4.69, 9.17) is 0 Å². The Kier molecular flexibility index (Phi) is 5.47. The molecule has 1 aliphatic rings. The molecule has 88 valence electrons. The van der Waals surface area contributed by atoms with Gasteiger partial charge in [0.05, 0.1) is 0 Å². The number of rotatable bonds is 7. The average Bonchev–Trinajstić information content (AvgIpc) is 2.16. The summed E-state index contributed by atoms with van der Waals surface area (Å²) in [5, 5.41) is 6.19. The third-order valence-electron chi connectivity index (χ3n) is 3.05. The van der Waals surface area contributed by atoms with E-state index in [9.17, 15) is 4.79 Å². The predicted octanol–water partition coefficient (Wildman–Crippen LogP) is 1.39. The van der Waals surface area contributed by atoms with E-state index in [1.165, 1.54) is 19.3 Å². The second-order valence-electron chi connectivity index (χ2n) is 4.12. The summed E-state index contributed by atoms with van der Waals surface area (Å²) in [6, 6.07) is 0. The van der Waals surface area contributed by atoms with Crippen molar-refractivity contribution >= 4 is 17.7 Å². The van der Waals surface area contributed by atoms with Crippen LogP contribution in [0.25, 0.3) is 0 Å². The van der Waals surface area contributed by atoms with Crippen molar-refractivity contribution in [2.45, 2.75) is 37.4 Å². The van der Waals surface area contributed by atoms with Gasteiger partial charge in [0.15, 0.2) is 0 Å². The number of hydrogen-bond acceptors (Lipinski definition) is 3. The molecule has 0 radical (unpaired) electrons. The normalized spacial score (nSPS) is 18.3. The van der Waals surface area contributed by atoms with Crippen molar-refractivity contribution in [2.24, 2.45) is 0 Å². The van der Waals surface area contributed by atoms with Crippen LogP contribution in [0.3, 0.4) is 0 Å². The maximum absolute atomic E-state index is 11.2. The van der Waals surface area contributed by atoms with E-state index in [0.717, 1.165) is 19.6 Å². The summed E-state index contributed by atoms with van der Waals surface area (Å²) in [5.74, 6) is 0.150. The zero-order valence-electron chi connectivity index (χ0n) is 9.77. The molecule has 0 aromatic carbocycles. The van der Waals surface area contributed by atoms with Crippen LogP contribution in [0.4, 0.5) is 0 Å². The Hall–Kier alpha value is -0.220. The number of carbonyl (C=O) groups is 1. The summed E-state index contributed by atoms with van der Waals surface area (Å²) < 4.78 is 0.473. The van der Waals surface area contributed by atoms with Crippen molar-refractivity contribution < 1.29 is 4.79 Å². The maximum atomic E-state index is 11.2. The fourth-order valence-corrected chi connectivity index (χ4v) is 2.77. The molecule has 1 fully saturated rings. The second kappa shape index (κ2) is 6.38. The molecule has 3 nitrogen and oxygen atoms in total. The molecule has 15 heavy (non-hydrogen) atoms. The monoisotopic (exact) mass is 230 g/mol. The average molecular weight is 230 g/mol. The fourth-order valence-electron chi connectivity index (χ4n) is 1.83. The second-order valence-corrected chi connectivity index (χ2v) is 5.40. The van der Waals surface area contributed by atoms with Gasteiger partial charge in [-0.05, 0) is 26.0 Å². The molecule has 4 heteroatoms. The minimum Gasteiger partial charge on any atom is -0.356 e. The van der Waals surface area contributed by atoms with E-state index >= 15 is 0 Å². The van der Waals surface area contributed by atoms with Crippen molar-refractivity contribution in [3.05, 3.63) is 0 Å². The highest BCUT2D eigenvalue weighted by molar-refractivity contribution is 8.00. The number of carbonyl (C=O) groups excluding carboxylic acids is 1. The summed E-state index contributed by atoms with van der Waals surface area (Å²) in [6.07, 6.45) is 6.78. The van der Waals surface area contributed by atoms with Crippen LogP contribution < -0.4 is 10.6 Å². The summed E-state index contributed by atoms with van der Waals surface area (Å²) in [7, 11) is 0. The summed E-state index contributed by atoms with van der Waals surface area (Å²) in [5.41, 5.74) is 0. The molecule has 1 aliphatic carbocycles. The van der Waals surface area contributed by atoms with Crippen LogP contribution >= 0.6 is 11.8 Å². The first-order valence-electron chi connectivity index (χ1n) is 5.75. The number of amides is 1. The molecule has 1 amide bonds. The Balaban J connectivity index is 2.03. The minimum absolute atomic E-state index is 0.150. The first kappa shape index (κ1) is 12.8. The van der Waals surface area contributed by atoms with Gasteiger partial charge in [0.1, 0.15) is 0 Å². The van der Waals surface area contributed by atoms with Gasteiger partial charge >= 0.3 is 0 Å². The van der Waals surface area contributed by atoms with Gasteiger partial charge in [-0.1, -0.05) is 6.42 Å². The molecule has 0 unspecified atom stereocenters. The van der Waals surface area contributed by atoms with E-state index in [1.807, 2.05) is 18.7 Å². The van der Waals surface area contributed by atoms with Crippen LogP contribution in [0.1, 0.15) is 32.6 Å². The SMILES string of the molecule is CCNC(=O)CCNCC1(SC)CCC1. The summed E-state index contributed by atoms with van der Waals surface area (Å²) >= 11 is 1.97. The molecular formula is C11H22N2OS. The first-order chi connectivity index (χ1) is 7.22. The van der Waals surface area contributed by atoms with E-state index in [2.05, 4.69) is 16.9 Å². The Morgan fingerprint density at radius 1 is 1.47 bits per heavy atom. The van der Waals surface area contributed by atoms with Gasteiger partial charge in [0.25, 0.3) is 0 Å². The molecule has 0 aliphatic heterocycles. The molecule has 1 rings (SSSR count). The fraction of sp³-hybridized carbons (Fsp3) is 0.909. The zero-order chi connectivity index (χ0) is 11.1. The predicted molar refractivity (Wildman–Crippen MR) is 66.3 cm³/mol. The molecule has 2 N–H and O–H groups in total. The van der Waals surface area contributed by atoms with Crippen molar-refractivity contribution in [1.82, 2.24) is 10.6 Å². The summed E-state index contributed by atoms with van der Waals surface area (Å²) in [4.78, 5) is 11.2. The van der Waals surface area contributed by atoms with E-state index in [-0.39, 0.29) is 5.91 Å². The lowest BCUT2D eigenvalue weighted by Crippen LogP contribution is -2.44. The van der Waals surface area contributed by atoms with E-state index in [1.54, 1.807) is 0 Å². The van der Waals surface area contributed by atoms with Crippen molar-refractivity contribution in [2.75, 3.05) is 25.9 Å². The Bertz CT molecular complexity index is 199. The van der Waals surface area contributed by atoms with Crippen LogP contribution in [0.5, 0.6) is 0 Å². The standard InChI is InChI=1S/C11H22N2OS/c1-3-13-10(14)5-8-12-9-11(15-2)6-4-7-11/h12H,3-9H2,1-2H3,(H,13,14). The highest BCUT2D eigenvalue weighted by atomic mass is 32.2. The summed E-state index contributed by atoms with van der Waals surface area (Å²) in [6.45, 7) is 4.53. The highest BCUT2D eigenvalue weighted by Gasteiger charge is 2.35. The largest absolute Gasteiger partial charge is 0.356 e. The number of hydrogen-bond donors (Lipinski definition) is 2. The van der Waals surface area contributed by atoms with Gasteiger partial charge in [-0.15, -0.1) is 0 Å². The van der Waals surface area contributed by atoms with Crippen LogP contribution in [0.2, 0.25) is 0 Å². The van der Waals surface area contributed by atoms with Gasteiger partial charge in [-0.25, -0.2) is 0 Å². The highest BCUT2D eigenvalue weighted by Crippen LogP contribution is 2.42. The van der Waals surface area contributed by atoms with Gasteiger partial charge in [0.2, 0.25) is 5.91 Å². The Morgan fingerprint density at radius 2 is 2.20 bits per heavy atom. The minimum atomic E-state index is 0.150. The molecule has 0 atom stereocenters. The topological polar surface area (TPSA) is 41.1 Å². The molecule has 1 saturated carbocycles. The third kappa shape index (κ3) is 4.03. The van der Waals surface area contributed by atoms with Gasteiger partial charge < -0.3 is 10.6 Å². The van der Waals surface area contributed by atoms with Crippen molar-refractivity contribution in [1.29, 1.82) is 0 Å². The lowest BCUT2D eigenvalue weighted by molar-refractivity contribution is -0.120. The lowest BCUT2D eigenvalue weighted by Gasteiger charge is -2.40. The molecule has 0 heterocycles. The van der Waals surface area contributed by atoms with Crippen LogP contribution in [-0.2, 0) is 4.79 Å². The van der Waals surface area contributed by atoms with E-state index in [0.29, 0.717) is 11.2 Å². The molecule has 0 aromatic rings. The smallest absolute Gasteiger partial charge is 0.221 e. The molecule has 0 aromatic heterocycles. The number of nitrogens with one attached hydrogen (secondary N) is 2. The van der Waals surface area contributed by atoms with Crippen molar-refractivity contribution in [3.8, 4) is 0 Å². The third-order valence-corrected chi connectivity index (χ3v) is 4.47. The van der Waals surface area contributed by atoms with E-state index < -0.39 is 0 Å². The number of thioether (sulfide) groups is 1. The maximum Gasteiger partial charge on any atom is 0.221 e. The molecule has 0 saturated heterocycles. The quantitative estimate of drug-likeness (QED) is 0.649. The van der Waals surface area contributed by atoms with Crippen LogP contribution in [0, 0.1) is 0 Å². The van der Waals surface area contributed by atoms with Gasteiger partial charge in [-0.2, -0.15) is 11.8 Å². The van der Waals surface area contributed by atoms with Crippen LogP contribution in [0.15, 0.2) is 0 Å².